The Labute approximate surface area is 267 Å². The van der Waals surface area contributed by atoms with Crippen molar-refractivity contribution in [3.8, 4) is 0 Å². The molecule has 0 bridgehead atoms. The molecule has 0 heterocycles. The molecule has 0 aliphatic rings. The second kappa shape index (κ2) is 38.2. The normalized spacial score (nSPS) is 9.61. The first-order valence-corrected chi connectivity index (χ1v) is 9.50. The molecule has 0 aliphatic carbocycles. The summed E-state index contributed by atoms with van der Waals surface area (Å²) in [7, 11) is -10.8. The fourth-order valence-corrected chi connectivity index (χ4v) is 0.173. The second-order valence-corrected chi connectivity index (χ2v) is 5.74. The number of rotatable bonds is 6. The van der Waals surface area contributed by atoms with Gasteiger partial charge in [0.1, 0.15) is 18.3 Å². The van der Waals surface area contributed by atoms with Gasteiger partial charge in [0.05, 0.1) is 39.6 Å². The Morgan fingerprint density at radius 2 is 0.516 bits per heavy atom. The molecule has 9 N–H and O–H groups in total. The summed E-state index contributed by atoms with van der Waals surface area (Å²) in [6.45, 7) is -2.19. The van der Waals surface area contributed by atoms with Gasteiger partial charge in [-0.2, -0.15) is 15.6 Å². The van der Waals surface area contributed by atoms with Gasteiger partial charge in [0.2, 0.25) is 0 Å². The summed E-state index contributed by atoms with van der Waals surface area (Å²) >= 11 is 0. The molecule has 0 aliphatic heterocycles. The minimum Gasteiger partial charge on any atom is -0.822 e. The predicted octanol–water partition coefficient (Wildman–Crippen LogP) is -11.8. The molecule has 31 heavy (non-hydrogen) atoms. The van der Waals surface area contributed by atoms with Gasteiger partial charge >= 0.3 is 113 Å². The average molecular weight is 586 g/mol. The fourth-order valence-electron chi connectivity index (χ4n) is 0.173. The molecule has 0 saturated carbocycles. The Kier molecular flexibility index (Phi) is 68.0. The Morgan fingerprint density at radius 1 is 0.452 bits per heavy atom. The molecule has 178 valence electrons. The van der Waals surface area contributed by atoms with Gasteiger partial charge in [0.15, 0.2) is 0 Å². The Bertz CT molecular complexity index is 312. The molecule has 0 rings (SSSR count). The van der Waals surface area contributed by atoms with Crippen LogP contribution in [0.25, 0.3) is 0 Å². The van der Waals surface area contributed by atoms with E-state index in [1.54, 1.807) is 0 Å². The van der Waals surface area contributed by atoms with Gasteiger partial charge in [0, 0.05) is 0 Å². The molecule has 0 amide bonds. The van der Waals surface area contributed by atoms with E-state index in [1.165, 1.54) is 0 Å². The van der Waals surface area contributed by atoms with Crippen LogP contribution >= 0.6 is 15.6 Å². The molecule has 0 fully saturated rings. The molecule has 0 radical (unpaired) electrons. The third kappa shape index (κ3) is 138. The Hall–Kier alpha value is 3.64. The third-order valence-electron chi connectivity index (χ3n) is 1.26. The van der Waals surface area contributed by atoms with Crippen LogP contribution in [0.2, 0.25) is 0 Å². The van der Waals surface area contributed by atoms with E-state index in [4.69, 9.17) is 84.4 Å². The number of hydrogen-bond donors (Lipinski definition) is 9. The molecular formula is C9H24Ca3O17P2. The quantitative estimate of drug-likeness (QED) is 0.103. The summed E-state index contributed by atoms with van der Waals surface area (Å²) in [5.41, 5.74) is 0. The molecule has 0 aromatic heterocycles. The van der Waals surface area contributed by atoms with Crippen molar-refractivity contribution in [1.29, 1.82) is 0 Å². The van der Waals surface area contributed by atoms with Gasteiger partial charge in [-0.1, -0.05) is 0 Å². The van der Waals surface area contributed by atoms with Crippen molar-refractivity contribution in [1.82, 2.24) is 0 Å². The molecule has 0 atom stereocenters. The van der Waals surface area contributed by atoms with Crippen molar-refractivity contribution < 1.29 is 84.4 Å². The van der Waals surface area contributed by atoms with Crippen LogP contribution in [0.1, 0.15) is 0 Å². The zero-order chi connectivity index (χ0) is 24.0. The van der Waals surface area contributed by atoms with Gasteiger partial charge in [-0.25, -0.2) is 0 Å². The second-order valence-electron chi connectivity index (χ2n) is 3.95. The fraction of sp³-hybridized carbons (Fsp3) is 1.00. The minimum atomic E-state index is -5.39. The van der Waals surface area contributed by atoms with E-state index in [0.717, 1.165) is 0 Å². The summed E-state index contributed by atoms with van der Waals surface area (Å²) in [5, 5.41) is 72.0. The van der Waals surface area contributed by atoms with Crippen LogP contribution < -0.4 is 29.4 Å². The van der Waals surface area contributed by atoms with E-state index in [2.05, 4.69) is 0 Å². The van der Waals surface area contributed by atoms with Crippen molar-refractivity contribution in [2.45, 2.75) is 18.3 Å². The van der Waals surface area contributed by atoms with Gasteiger partial charge in [-0.05, 0) is 0 Å². The Morgan fingerprint density at radius 3 is 0.516 bits per heavy atom. The number of phosphoric acid groups is 2. The monoisotopic (exact) mass is 586 g/mol. The summed E-state index contributed by atoms with van der Waals surface area (Å²) < 4.78 is 17.1. The standard InChI is InChI=1S/3C3H8O3.3Ca.2H3O4P/c3*4-1-3(6)2-5;;;;2*1-5(2,3)4/h3*3-6H,1-2H2;;;;2*(H3,1,2,3,4)/q;;;3*+2;;/p-6. The van der Waals surface area contributed by atoms with E-state index >= 15 is 0 Å². The van der Waals surface area contributed by atoms with E-state index in [0.29, 0.717) is 0 Å². The van der Waals surface area contributed by atoms with E-state index in [-0.39, 0.29) is 153 Å². The molecule has 0 unspecified atom stereocenters. The number of aliphatic hydroxyl groups is 9. The van der Waals surface area contributed by atoms with Crippen LogP contribution in [0.4, 0.5) is 0 Å². The maximum absolute atomic E-state index is 8.55. The van der Waals surface area contributed by atoms with Gasteiger partial charge in [0.25, 0.3) is 0 Å². The summed E-state index contributed by atoms with van der Waals surface area (Å²) in [6, 6.07) is 0. The summed E-state index contributed by atoms with van der Waals surface area (Å²) in [4.78, 5) is 51.3. The van der Waals surface area contributed by atoms with Crippen molar-refractivity contribution in [3.05, 3.63) is 0 Å². The smallest absolute Gasteiger partial charge is 0.822 e. The van der Waals surface area contributed by atoms with Crippen molar-refractivity contribution >= 4 is 129 Å². The number of hydrogen-bond acceptors (Lipinski definition) is 17. The van der Waals surface area contributed by atoms with E-state index < -0.39 is 34.0 Å². The summed E-state index contributed by atoms with van der Waals surface area (Å²) in [6.07, 6.45) is -2.86. The van der Waals surface area contributed by atoms with Crippen LogP contribution in [0, 0.1) is 0 Å². The largest absolute Gasteiger partial charge is 2.00 e. The molecule has 0 spiro atoms. The summed E-state index contributed by atoms with van der Waals surface area (Å²) in [5.74, 6) is 0. The molecule has 0 saturated heterocycles. The van der Waals surface area contributed by atoms with Gasteiger partial charge in [-0.3, -0.25) is 0 Å². The first-order chi connectivity index (χ1) is 12.4. The van der Waals surface area contributed by atoms with Crippen molar-refractivity contribution in [3.63, 3.8) is 0 Å². The van der Waals surface area contributed by atoms with Gasteiger partial charge in [-0.15, -0.1) is 0 Å². The van der Waals surface area contributed by atoms with Crippen LogP contribution in [0.15, 0.2) is 0 Å². The van der Waals surface area contributed by atoms with Gasteiger partial charge < -0.3 is 84.4 Å². The first-order valence-electron chi connectivity index (χ1n) is 6.58. The predicted molar refractivity (Wildman–Crippen MR) is 93.0 cm³/mol. The molecule has 22 heteroatoms. The van der Waals surface area contributed by atoms with Crippen LogP contribution in [0.3, 0.4) is 0 Å². The maximum atomic E-state index is 8.55. The first kappa shape index (κ1) is 55.2. The molecule has 0 aromatic rings. The van der Waals surface area contributed by atoms with Crippen molar-refractivity contribution in [2.24, 2.45) is 0 Å². The SMILES string of the molecule is O=P([O-])([O-])[O-].O=P([O-])([O-])[O-].OCC(O)CO.OCC(O)CO.OCC(O)CO.[Ca+2].[Ca+2].[Ca+2]. The number of aliphatic hydroxyl groups excluding tert-OH is 9. The van der Waals surface area contributed by atoms with Crippen LogP contribution in [-0.4, -0.2) is 217 Å². The third-order valence-corrected chi connectivity index (χ3v) is 1.26. The molecule has 0 aromatic carbocycles. The minimum absolute atomic E-state index is 0. The van der Waals surface area contributed by atoms with Crippen LogP contribution in [-0.2, 0) is 9.13 Å². The van der Waals surface area contributed by atoms with E-state index in [9.17, 15) is 0 Å². The van der Waals surface area contributed by atoms with Crippen molar-refractivity contribution in [2.75, 3.05) is 39.6 Å². The maximum Gasteiger partial charge on any atom is 2.00 e. The Balaban J connectivity index is -0.0000000348. The zero-order valence-electron chi connectivity index (χ0n) is 16.3. The zero-order valence-corrected chi connectivity index (χ0v) is 24.7. The molecule has 17 nitrogen and oxygen atoms in total. The van der Waals surface area contributed by atoms with Crippen LogP contribution in [0.5, 0.6) is 0 Å². The van der Waals surface area contributed by atoms with E-state index in [1.807, 2.05) is 0 Å². The topological polar surface area (TPSA) is 355 Å². The molecular weight excluding hydrogens is 562 g/mol. The average Bonchev–Trinajstić information content (AvgIpc) is 2.57.